The number of nitrogens with zero attached hydrogens (tertiary/aromatic N) is 2. The third-order valence-corrected chi connectivity index (χ3v) is 2.91. The van der Waals surface area contributed by atoms with Gasteiger partial charge in [-0.25, -0.2) is 4.39 Å². The van der Waals surface area contributed by atoms with Crippen LogP contribution in [0.4, 0.5) is 10.1 Å². The smallest absolute Gasteiger partial charge is 0.184 e. The van der Waals surface area contributed by atoms with E-state index in [1.807, 2.05) is 0 Å². The molecule has 0 bridgehead atoms. The zero-order valence-corrected chi connectivity index (χ0v) is 8.81. The second kappa shape index (κ2) is 4.50. The van der Waals surface area contributed by atoms with Crippen LogP contribution in [0, 0.1) is 23.2 Å². The molecule has 0 aliphatic heterocycles. The monoisotopic (exact) mass is 220 g/mol. The molecule has 84 valence electrons. The van der Waals surface area contributed by atoms with Crippen molar-refractivity contribution < 1.29 is 9.50 Å². The van der Waals surface area contributed by atoms with Crippen molar-refractivity contribution in [1.29, 1.82) is 5.26 Å². The van der Waals surface area contributed by atoms with Crippen molar-refractivity contribution in [1.82, 2.24) is 0 Å². The molecule has 16 heavy (non-hydrogen) atoms. The summed E-state index contributed by atoms with van der Waals surface area (Å²) < 4.78 is 12.7. The Balaban J connectivity index is 2.00. The Hall–Kier alpha value is -1.60. The lowest BCUT2D eigenvalue weighted by atomic mass is 9.82. The summed E-state index contributed by atoms with van der Waals surface area (Å²) in [6.45, 7) is 0.596. The van der Waals surface area contributed by atoms with Gasteiger partial charge in [-0.3, -0.25) is 4.90 Å². The van der Waals surface area contributed by atoms with Crippen LogP contribution in [0.25, 0.3) is 0 Å². The zero-order valence-electron chi connectivity index (χ0n) is 8.81. The summed E-state index contributed by atoms with van der Waals surface area (Å²) in [5.41, 5.74) is 0.699. The minimum atomic E-state index is -0.305. The highest BCUT2D eigenvalue weighted by molar-refractivity contribution is 5.50. The molecule has 0 radical (unpaired) electrons. The molecule has 1 fully saturated rings. The number of benzene rings is 1. The molecule has 3 nitrogen and oxygen atoms in total. The lowest BCUT2D eigenvalue weighted by Gasteiger charge is -2.33. The van der Waals surface area contributed by atoms with E-state index in [4.69, 9.17) is 10.4 Å². The number of aliphatic hydroxyl groups excluding tert-OH is 1. The Bertz CT molecular complexity index is 392. The number of aliphatic hydroxyl groups is 1. The van der Waals surface area contributed by atoms with Crippen LogP contribution in [-0.2, 0) is 0 Å². The van der Waals surface area contributed by atoms with Gasteiger partial charge >= 0.3 is 0 Å². The third-order valence-electron chi connectivity index (χ3n) is 2.91. The molecule has 0 amide bonds. The molecule has 2 rings (SSSR count). The fourth-order valence-corrected chi connectivity index (χ4v) is 1.93. The predicted molar refractivity (Wildman–Crippen MR) is 58.1 cm³/mol. The van der Waals surface area contributed by atoms with Gasteiger partial charge in [-0.1, -0.05) is 0 Å². The fraction of sp³-hybridized carbons (Fsp3) is 0.417. The molecule has 0 saturated heterocycles. The first kappa shape index (κ1) is 10.9. The van der Waals surface area contributed by atoms with Crippen molar-refractivity contribution in [2.45, 2.75) is 18.9 Å². The first-order chi connectivity index (χ1) is 7.69. The largest absolute Gasteiger partial charge is 0.393 e. The van der Waals surface area contributed by atoms with Crippen LogP contribution in [0.15, 0.2) is 24.3 Å². The van der Waals surface area contributed by atoms with Gasteiger partial charge < -0.3 is 5.11 Å². The maximum absolute atomic E-state index is 12.7. The molecule has 4 heteroatoms. The Kier molecular flexibility index (Phi) is 3.07. The summed E-state index contributed by atoms with van der Waals surface area (Å²) in [5, 5.41) is 18.2. The van der Waals surface area contributed by atoms with Gasteiger partial charge in [0.2, 0.25) is 0 Å². The summed E-state index contributed by atoms with van der Waals surface area (Å²) in [7, 11) is 0. The number of hydrogen-bond donors (Lipinski definition) is 1. The quantitative estimate of drug-likeness (QED) is 0.625. The van der Waals surface area contributed by atoms with E-state index in [1.165, 1.54) is 17.0 Å². The second-order valence-corrected chi connectivity index (χ2v) is 4.18. The Labute approximate surface area is 93.7 Å². The summed E-state index contributed by atoms with van der Waals surface area (Å²) in [6.07, 6.45) is 3.37. The van der Waals surface area contributed by atoms with Crippen molar-refractivity contribution in [3.63, 3.8) is 0 Å². The molecule has 1 aliphatic carbocycles. The second-order valence-electron chi connectivity index (χ2n) is 4.18. The van der Waals surface area contributed by atoms with Crippen LogP contribution in [0.1, 0.15) is 12.8 Å². The van der Waals surface area contributed by atoms with Gasteiger partial charge in [-0.2, -0.15) is 5.26 Å². The number of nitriles is 1. The van der Waals surface area contributed by atoms with Crippen molar-refractivity contribution in [3.8, 4) is 6.19 Å². The first-order valence-corrected chi connectivity index (χ1v) is 5.30. The number of rotatable bonds is 3. The molecule has 1 saturated carbocycles. The molecule has 0 unspecified atom stereocenters. The minimum Gasteiger partial charge on any atom is -0.393 e. The van der Waals surface area contributed by atoms with Gasteiger partial charge in [0.05, 0.1) is 11.8 Å². The summed E-state index contributed by atoms with van der Waals surface area (Å²) >= 11 is 0. The first-order valence-electron chi connectivity index (χ1n) is 5.30. The van der Waals surface area contributed by atoms with E-state index >= 15 is 0 Å². The van der Waals surface area contributed by atoms with Crippen molar-refractivity contribution in [2.24, 2.45) is 5.92 Å². The van der Waals surface area contributed by atoms with Gasteiger partial charge in [0, 0.05) is 6.54 Å². The molecule has 0 spiro atoms. The highest BCUT2D eigenvalue weighted by Crippen LogP contribution is 2.29. The predicted octanol–water partition coefficient (Wildman–Crippen LogP) is 1.88. The number of hydrogen-bond acceptors (Lipinski definition) is 3. The van der Waals surface area contributed by atoms with Gasteiger partial charge in [0.15, 0.2) is 6.19 Å². The van der Waals surface area contributed by atoms with E-state index in [-0.39, 0.29) is 11.9 Å². The standard InChI is InChI=1S/C12H13FN2O/c13-10-1-3-11(4-2-10)15(8-14)7-9-5-12(16)6-9/h1-4,9,12,16H,5-7H2. The third kappa shape index (κ3) is 2.31. The molecule has 1 aromatic rings. The number of anilines is 1. The normalized spacial score (nSPS) is 23.3. The maximum atomic E-state index is 12.7. The van der Waals surface area contributed by atoms with Gasteiger partial charge in [-0.15, -0.1) is 0 Å². The molecule has 1 aromatic carbocycles. The average molecular weight is 220 g/mol. The summed E-state index contributed by atoms with van der Waals surface area (Å²) in [5.74, 6) is 0.0559. The molecule has 0 atom stereocenters. The molecule has 0 heterocycles. The fourth-order valence-electron chi connectivity index (χ4n) is 1.93. The van der Waals surface area contributed by atoms with Crippen LogP contribution >= 0.6 is 0 Å². The molecule has 1 N–H and O–H groups in total. The van der Waals surface area contributed by atoms with E-state index in [0.29, 0.717) is 18.2 Å². The number of halogens is 1. The van der Waals surface area contributed by atoms with Gasteiger partial charge in [-0.05, 0) is 43.0 Å². The molecular formula is C12H13FN2O. The topological polar surface area (TPSA) is 47.3 Å². The highest BCUT2D eigenvalue weighted by Gasteiger charge is 2.28. The molecule has 1 aliphatic rings. The Morgan fingerprint density at radius 3 is 2.50 bits per heavy atom. The van der Waals surface area contributed by atoms with E-state index in [1.54, 1.807) is 12.1 Å². The van der Waals surface area contributed by atoms with E-state index in [2.05, 4.69) is 6.19 Å². The lowest BCUT2D eigenvalue weighted by Crippen LogP contribution is -2.36. The molecular weight excluding hydrogens is 207 g/mol. The SMILES string of the molecule is N#CN(CC1CC(O)C1)c1ccc(F)cc1. The van der Waals surface area contributed by atoms with E-state index in [0.717, 1.165) is 12.8 Å². The highest BCUT2D eigenvalue weighted by atomic mass is 19.1. The van der Waals surface area contributed by atoms with Crippen LogP contribution in [0.5, 0.6) is 0 Å². The van der Waals surface area contributed by atoms with Crippen molar-refractivity contribution in [3.05, 3.63) is 30.1 Å². The van der Waals surface area contributed by atoms with E-state index < -0.39 is 0 Å². The maximum Gasteiger partial charge on any atom is 0.184 e. The average Bonchev–Trinajstić information content (AvgIpc) is 2.24. The van der Waals surface area contributed by atoms with E-state index in [9.17, 15) is 4.39 Å². The molecule has 0 aromatic heterocycles. The van der Waals surface area contributed by atoms with Crippen LogP contribution in [0.3, 0.4) is 0 Å². The zero-order chi connectivity index (χ0) is 11.5. The Morgan fingerprint density at radius 1 is 1.38 bits per heavy atom. The summed E-state index contributed by atoms with van der Waals surface area (Å²) in [6, 6.07) is 5.87. The Morgan fingerprint density at radius 2 is 2.00 bits per heavy atom. The van der Waals surface area contributed by atoms with Crippen LogP contribution in [0.2, 0.25) is 0 Å². The summed E-state index contributed by atoms with van der Waals surface area (Å²) in [4.78, 5) is 1.54. The minimum absolute atomic E-state index is 0.209. The van der Waals surface area contributed by atoms with Gasteiger partial charge in [0.1, 0.15) is 5.82 Å². The van der Waals surface area contributed by atoms with Gasteiger partial charge in [0.25, 0.3) is 0 Å². The van der Waals surface area contributed by atoms with Crippen LogP contribution < -0.4 is 4.90 Å². The van der Waals surface area contributed by atoms with Crippen LogP contribution in [-0.4, -0.2) is 17.8 Å². The lowest BCUT2D eigenvalue weighted by molar-refractivity contribution is 0.0469. The van der Waals surface area contributed by atoms with Crippen molar-refractivity contribution >= 4 is 5.69 Å². The van der Waals surface area contributed by atoms with Crippen molar-refractivity contribution in [2.75, 3.05) is 11.4 Å².